The van der Waals surface area contributed by atoms with Crippen molar-refractivity contribution in [3.8, 4) is 6.07 Å². The lowest BCUT2D eigenvalue weighted by Gasteiger charge is -2.03. The monoisotopic (exact) mass is 211 g/mol. The number of nitriles is 1. The zero-order valence-electron chi connectivity index (χ0n) is 9.19. The molecule has 0 aromatic rings. The average molecular weight is 211 g/mol. The summed E-state index contributed by atoms with van der Waals surface area (Å²) in [6.07, 6.45) is 2.86. The molecule has 1 unspecified atom stereocenters. The molecule has 0 aliphatic rings. The smallest absolute Gasteiger partial charge is 0.348 e. The Kier molecular flexibility index (Phi) is 7.29. The lowest BCUT2D eigenvalue weighted by Crippen LogP contribution is -2.09. The fourth-order valence-corrected chi connectivity index (χ4v) is 0.850. The second-order valence-electron chi connectivity index (χ2n) is 3.30. The van der Waals surface area contributed by atoms with Crippen LogP contribution in [0.3, 0.4) is 0 Å². The summed E-state index contributed by atoms with van der Waals surface area (Å²) in [5.74, 6) is -0.605. The Labute approximate surface area is 90.2 Å². The van der Waals surface area contributed by atoms with E-state index < -0.39 is 12.1 Å². The van der Waals surface area contributed by atoms with Crippen molar-refractivity contribution in [3.63, 3.8) is 0 Å². The van der Waals surface area contributed by atoms with Crippen LogP contribution in [0.15, 0.2) is 11.6 Å². The van der Waals surface area contributed by atoms with Gasteiger partial charge in [-0.1, -0.05) is 19.4 Å². The summed E-state index contributed by atoms with van der Waals surface area (Å²) < 4.78 is 4.86. The molecule has 4 nitrogen and oxygen atoms in total. The quantitative estimate of drug-likeness (QED) is 0.313. The average Bonchev–Trinajstić information content (AvgIpc) is 2.18. The highest BCUT2D eigenvalue weighted by Crippen LogP contribution is 2.02. The molecule has 0 fully saturated rings. The third-order valence-corrected chi connectivity index (χ3v) is 1.73. The van der Waals surface area contributed by atoms with Gasteiger partial charge >= 0.3 is 5.97 Å². The fourth-order valence-electron chi connectivity index (χ4n) is 0.850. The van der Waals surface area contributed by atoms with Gasteiger partial charge in [0.05, 0.1) is 12.7 Å². The number of nitrogens with zero attached hydrogens (tertiary/aromatic N) is 1. The first-order valence-corrected chi connectivity index (χ1v) is 5.07. The first-order valence-electron chi connectivity index (χ1n) is 5.07. The number of hydrogen-bond acceptors (Lipinski definition) is 4. The maximum atomic E-state index is 11.3. The van der Waals surface area contributed by atoms with E-state index in [9.17, 15) is 4.79 Å². The van der Waals surface area contributed by atoms with Crippen LogP contribution in [-0.2, 0) is 9.53 Å². The van der Waals surface area contributed by atoms with Crippen LogP contribution >= 0.6 is 0 Å². The van der Waals surface area contributed by atoms with Gasteiger partial charge in [-0.2, -0.15) is 5.26 Å². The molecule has 0 saturated carbocycles. The lowest BCUT2D eigenvalue weighted by molar-refractivity contribution is -0.138. The van der Waals surface area contributed by atoms with Crippen molar-refractivity contribution in [1.29, 1.82) is 5.26 Å². The summed E-state index contributed by atoms with van der Waals surface area (Å²) in [5.41, 5.74) is -0.0352. The summed E-state index contributed by atoms with van der Waals surface area (Å²) in [6.45, 7) is 3.92. The first kappa shape index (κ1) is 13.7. The third-order valence-electron chi connectivity index (χ3n) is 1.73. The molecular weight excluding hydrogens is 194 g/mol. The summed E-state index contributed by atoms with van der Waals surface area (Å²) in [7, 11) is 0. The van der Waals surface area contributed by atoms with Crippen LogP contribution < -0.4 is 0 Å². The molecule has 0 bridgehead atoms. The zero-order chi connectivity index (χ0) is 11.7. The molecule has 0 heterocycles. The van der Waals surface area contributed by atoms with Crippen molar-refractivity contribution in [2.24, 2.45) is 0 Å². The second-order valence-corrected chi connectivity index (χ2v) is 3.30. The number of aliphatic hydroxyl groups excluding tert-OH is 1. The Hall–Kier alpha value is -1.34. The van der Waals surface area contributed by atoms with Crippen LogP contribution in [0.1, 0.15) is 33.1 Å². The summed E-state index contributed by atoms with van der Waals surface area (Å²) in [4.78, 5) is 11.3. The largest absolute Gasteiger partial charge is 0.462 e. The second kappa shape index (κ2) is 8.01. The molecule has 0 rings (SSSR count). The van der Waals surface area contributed by atoms with Gasteiger partial charge < -0.3 is 9.84 Å². The number of aliphatic hydroxyl groups is 1. The Balaban J connectivity index is 4.11. The molecule has 15 heavy (non-hydrogen) atoms. The van der Waals surface area contributed by atoms with Crippen molar-refractivity contribution in [2.45, 2.75) is 39.2 Å². The number of unbranched alkanes of at least 4 members (excludes halogenated alkanes) is 1. The van der Waals surface area contributed by atoms with Crippen molar-refractivity contribution in [2.75, 3.05) is 6.61 Å². The zero-order valence-corrected chi connectivity index (χ0v) is 9.19. The molecule has 0 radical (unpaired) electrons. The van der Waals surface area contributed by atoms with Gasteiger partial charge in [-0.15, -0.1) is 0 Å². The van der Waals surface area contributed by atoms with Gasteiger partial charge in [0.1, 0.15) is 11.6 Å². The Bertz CT molecular complexity index is 263. The molecule has 0 aliphatic carbocycles. The molecule has 0 spiro atoms. The molecule has 4 heteroatoms. The minimum Gasteiger partial charge on any atom is -0.462 e. The van der Waals surface area contributed by atoms with Crippen molar-refractivity contribution in [3.05, 3.63) is 11.6 Å². The van der Waals surface area contributed by atoms with E-state index in [4.69, 9.17) is 15.1 Å². The topological polar surface area (TPSA) is 70.3 Å². The van der Waals surface area contributed by atoms with Gasteiger partial charge in [0, 0.05) is 0 Å². The maximum Gasteiger partial charge on any atom is 0.348 e. The number of carbonyl (C=O) groups is 1. The van der Waals surface area contributed by atoms with Crippen molar-refractivity contribution < 1.29 is 14.6 Å². The highest BCUT2D eigenvalue weighted by atomic mass is 16.5. The van der Waals surface area contributed by atoms with Crippen LogP contribution in [-0.4, -0.2) is 23.8 Å². The van der Waals surface area contributed by atoms with Gasteiger partial charge in [-0.3, -0.25) is 0 Å². The molecule has 0 aromatic heterocycles. The van der Waals surface area contributed by atoms with Crippen molar-refractivity contribution >= 4 is 5.97 Å². The lowest BCUT2D eigenvalue weighted by atomic mass is 10.2. The molecular formula is C11H17NO3. The molecule has 0 aromatic carbocycles. The predicted octanol–water partition coefficient (Wildman–Crippen LogP) is 1.55. The normalized spacial score (nSPS) is 13.1. The minimum atomic E-state index is -0.605. The Morgan fingerprint density at radius 3 is 2.80 bits per heavy atom. The highest BCUT2D eigenvalue weighted by Gasteiger charge is 2.09. The summed E-state index contributed by atoms with van der Waals surface area (Å²) >= 11 is 0. The standard InChI is InChI=1S/C11H17NO3/c1-3-4-7-15-11(14)10(8-12)6-5-9(2)13/h6,9,13H,3-5,7H2,1-2H3. The molecule has 84 valence electrons. The maximum absolute atomic E-state index is 11.3. The van der Waals surface area contributed by atoms with E-state index in [-0.39, 0.29) is 12.0 Å². The molecule has 0 aliphatic heterocycles. The van der Waals surface area contributed by atoms with E-state index in [1.165, 1.54) is 6.08 Å². The van der Waals surface area contributed by atoms with Gasteiger partial charge in [0.2, 0.25) is 0 Å². The van der Waals surface area contributed by atoms with Gasteiger partial charge in [0.25, 0.3) is 0 Å². The van der Waals surface area contributed by atoms with E-state index in [0.29, 0.717) is 6.61 Å². The predicted molar refractivity (Wildman–Crippen MR) is 55.9 cm³/mol. The highest BCUT2D eigenvalue weighted by molar-refractivity contribution is 5.92. The number of carbonyl (C=O) groups excluding carboxylic acids is 1. The van der Waals surface area contributed by atoms with Crippen LogP contribution in [0.2, 0.25) is 0 Å². The number of esters is 1. The number of hydrogen-bond donors (Lipinski definition) is 1. The molecule has 1 N–H and O–H groups in total. The summed E-state index contributed by atoms with van der Waals surface area (Å²) in [5, 5.41) is 17.7. The van der Waals surface area contributed by atoms with E-state index in [1.54, 1.807) is 13.0 Å². The van der Waals surface area contributed by atoms with E-state index in [2.05, 4.69) is 0 Å². The Morgan fingerprint density at radius 1 is 1.67 bits per heavy atom. The Morgan fingerprint density at radius 2 is 2.33 bits per heavy atom. The third kappa shape index (κ3) is 6.69. The molecule has 0 saturated heterocycles. The minimum absolute atomic E-state index is 0.0352. The number of rotatable bonds is 6. The molecule has 0 amide bonds. The van der Waals surface area contributed by atoms with Crippen LogP contribution in [0.25, 0.3) is 0 Å². The number of ether oxygens (including phenoxy) is 1. The van der Waals surface area contributed by atoms with Crippen LogP contribution in [0.4, 0.5) is 0 Å². The van der Waals surface area contributed by atoms with Gasteiger partial charge in [-0.05, 0) is 19.8 Å². The van der Waals surface area contributed by atoms with Crippen LogP contribution in [0, 0.1) is 11.3 Å². The summed E-state index contributed by atoms with van der Waals surface area (Å²) in [6, 6.07) is 1.76. The van der Waals surface area contributed by atoms with Gasteiger partial charge in [0.15, 0.2) is 0 Å². The van der Waals surface area contributed by atoms with E-state index in [0.717, 1.165) is 12.8 Å². The fraction of sp³-hybridized carbons (Fsp3) is 0.636. The van der Waals surface area contributed by atoms with E-state index >= 15 is 0 Å². The van der Waals surface area contributed by atoms with Gasteiger partial charge in [-0.25, -0.2) is 4.79 Å². The van der Waals surface area contributed by atoms with Crippen molar-refractivity contribution in [1.82, 2.24) is 0 Å². The molecule has 1 atom stereocenters. The first-order chi connectivity index (χ1) is 7.11. The van der Waals surface area contributed by atoms with Crippen LogP contribution in [0.5, 0.6) is 0 Å². The van der Waals surface area contributed by atoms with E-state index in [1.807, 2.05) is 6.92 Å². The SMILES string of the molecule is CCCCOC(=O)C(C#N)=CCC(C)O.